The van der Waals surface area contributed by atoms with Gasteiger partial charge in [-0.2, -0.15) is 0 Å². The molecule has 1 atom stereocenters. The van der Waals surface area contributed by atoms with E-state index >= 15 is 0 Å². The van der Waals surface area contributed by atoms with E-state index in [2.05, 4.69) is 12.2 Å². The Bertz CT molecular complexity index is 389. The fraction of sp³-hybridized carbons (Fsp3) is 0.538. The normalized spacial score (nSPS) is 14.5. The van der Waals surface area contributed by atoms with Gasteiger partial charge in [0, 0.05) is 16.2 Å². The lowest BCUT2D eigenvalue weighted by atomic mass is 10.1. The lowest BCUT2D eigenvalue weighted by molar-refractivity contribution is 0.192. The molecule has 18 heavy (non-hydrogen) atoms. The second kappa shape index (κ2) is 7.61. The van der Waals surface area contributed by atoms with Crippen LogP contribution in [0.5, 0.6) is 0 Å². The predicted octanol–water partition coefficient (Wildman–Crippen LogP) is 3.84. The first kappa shape index (κ1) is 16.1. The molecule has 0 radical (unpaired) electrons. The zero-order chi connectivity index (χ0) is 13.6. The highest BCUT2D eigenvalue weighted by molar-refractivity contribution is 7.99. The molecule has 0 bridgehead atoms. The molecule has 2 N–H and O–H groups in total. The number of hydrogen-bond donors (Lipinski definition) is 2. The summed E-state index contributed by atoms with van der Waals surface area (Å²) in [4.78, 5) is 1.06. The van der Waals surface area contributed by atoms with Crippen LogP contribution in [0.1, 0.15) is 20.3 Å². The Labute approximate surface area is 123 Å². The summed E-state index contributed by atoms with van der Waals surface area (Å²) in [5.41, 5.74) is -0.271. The van der Waals surface area contributed by atoms with E-state index in [9.17, 15) is 5.11 Å². The van der Waals surface area contributed by atoms with E-state index in [1.807, 2.05) is 19.1 Å². The number of rotatable bonds is 7. The minimum absolute atomic E-state index is 0.112. The zero-order valence-electron chi connectivity index (χ0n) is 10.7. The largest absolute Gasteiger partial charge is 0.394 e. The van der Waals surface area contributed by atoms with Crippen LogP contribution in [0.2, 0.25) is 10.0 Å². The van der Waals surface area contributed by atoms with Crippen LogP contribution in [-0.2, 0) is 0 Å². The highest BCUT2D eigenvalue weighted by Crippen LogP contribution is 2.29. The zero-order valence-corrected chi connectivity index (χ0v) is 13.0. The van der Waals surface area contributed by atoms with Gasteiger partial charge in [-0.05, 0) is 38.1 Å². The van der Waals surface area contributed by atoms with Gasteiger partial charge in [-0.25, -0.2) is 0 Å². The first-order valence-electron chi connectivity index (χ1n) is 5.94. The Morgan fingerprint density at radius 3 is 2.61 bits per heavy atom. The van der Waals surface area contributed by atoms with Crippen molar-refractivity contribution in [3.8, 4) is 0 Å². The first-order valence-corrected chi connectivity index (χ1v) is 7.68. The Morgan fingerprint density at radius 2 is 2.06 bits per heavy atom. The van der Waals surface area contributed by atoms with Gasteiger partial charge < -0.3 is 10.4 Å². The molecule has 0 aromatic heterocycles. The molecule has 0 aliphatic carbocycles. The van der Waals surface area contributed by atoms with Crippen LogP contribution in [0.4, 0.5) is 0 Å². The van der Waals surface area contributed by atoms with Gasteiger partial charge in [0.25, 0.3) is 0 Å². The summed E-state index contributed by atoms with van der Waals surface area (Å²) in [5.74, 6) is 0.779. The smallest absolute Gasteiger partial charge is 0.0618 e. The summed E-state index contributed by atoms with van der Waals surface area (Å²) in [6.07, 6.45) is 1.05. The van der Waals surface area contributed by atoms with Gasteiger partial charge in [-0.1, -0.05) is 30.1 Å². The van der Waals surface area contributed by atoms with Crippen LogP contribution < -0.4 is 5.32 Å². The van der Waals surface area contributed by atoms with E-state index < -0.39 is 0 Å². The van der Waals surface area contributed by atoms with Crippen LogP contribution in [0.3, 0.4) is 0 Å². The summed E-state index contributed by atoms with van der Waals surface area (Å²) < 4.78 is 0. The van der Waals surface area contributed by atoms with Crippen molar-refractivity contribution in [1.29, 1.82) is 0 Å². The standard InChI is InChI=1S/C13H19Cl2NOS/c1-3-6-16-13(2,8-17)9-18-10-4-5-11(14)12(15)7-10/h4-5,7,16-17H,3,6,8-9H2,1-2H3. The molecule has 0 amide bonds. The molecule has 0 aliphatic rings. The van der Waals surface area contributed by atoms with E-state index in [4.69, 9.17) is 23.2 Å². The van der Waals surface area contributed by atoms with Crippen LogP contribution in [-0.4, -0.2) is 29.5 Å². The number of nitrogens with one attached hydrogen (secondary N) is 1. The topological polar surface area (TPSA) is 32.3 Å². The van der Waals surface area contributed by atoms with Crippen molar-refractivity contribution in [2.45, 2.75) is 30.7 Å². The molecule has 0 heterocycles. The number of halogens is 2. The third-order valence-electron chi connectivity index (χ3n) is 2.60. The summed E-state index contributed by atoms with van der Waals surface area (Å²) >= 11 is 13.5. The molecule has 0 spiro atoms. The van der Waals surface area contributed by atoms with Gasteiger partial charge in [0.1, 0.15) is 0 Å². The molecular formula is C13H19Cl2NOS. The van der Waals surface area contributed by atoms with E-state index in [0.29, 0.717) is 10.0 Å². The quantitative estimate of drug-likeness (QED) is 0.751. The molecule has 1 rings (SSSR count). The lowest BCUT2D eigenvalue weighted by Gasteiger charge is -2.28. The summed E-state index contributed by atoms with van der Waals surface area (Å²) in [5, 5.41) is 14.0. The molecule has 0 saturated heterocycles. The van der Waals surface area contributed by atoms with Crippen LogP contribution in [0.25, 0.3) is 0 Å². The van der Waals surface area contributed by atoms with Gasteiger partial charge in [-0.15, -0.1) is 11.8 Å². The summed E-state index contributed by atoms with van der Waals surface area (Å²) in [6, 6.07) is 5.59. The van der Waals surface area contributed by atoms with Crippen molar-refractivity contribution in [3.05, 3.63) is 28.2 Å². The van der Waals surface area contributed by atoms with Gasteiger partial charge >= 0.3 is 0 Å². The summed E-state index contributed by atoms with van der Waals surface area (Å²) in [6.45, 7) is 5.14. The maximum Gasteiger partial charge on any atom is 0.0618 e. The SMILES string of the molecule is CCCNC(C)(CO)CSc1ccc(Cl)c(Cl)c1. The second-order valence-corrected chi connectivity index (χ2v) is 6.37. The molecule has 0 aliphatic heterocycles. The van der Waals surface area contributed by atoms with Gasteiger partial charge in [-0.3, -0.25) is 0 Å². The van der Waals surface area contributed by atoms with Crippen molar-refractivity contribution < 1.29 is 5.11 Å². The fourth-order valence-electron chi connectivity index (χ4n) is 1.39. The number of aliphatic hydroxyl groups excluding tert-OH is 1. The average molecular weight is 308 g/mol. The lowest BCUT2D eigenvalue weighted by Crippen LogP contribution is -2.48. The molecule has 2 nitrogen and oxygen atoms in total. The predicted molar refractivity (Wildman–Crippen MR) is 81.0 cm³/mol. The van der Waals surface area contributed by atoms with E-state index in [-0.39, 0.29) is 12.1 Å². The average Bonchev–Trinajstić information content (AvgIpc) is 2.38. The van der Waals surface area contributed by atoms with E-state index in [0.717, 1.165) is 23.6 Å². The third-order valence-corrected chi connectivity index (χ3v) is 4.71. The number of benzene rings is 1. The number of hydrogen-bond acceptors (Lipinski definition) is 3. The van der Waals surface area contributed by atoms with E-state index in [1.54, 1.807) is 17.8 Å². The van der Waals surface area contributed by atoms with Crippen LogP contribution in [0, 0.1) is 0 Å². The van der Waals surface area contributed by atoms with Crippen molar-refractivity contribution in [2.24, 2.45) is 0 Å². The Balaban J connectivity index is 2.58. The number of aliphatic hydroxyl groups is 1. The highest BCUT2D eigenvalue weighted by atomic mass is 35.5. The Morgan fingerprint density at radius 1 is 1.33 bits per heavy atom. The van der Waals surface area contributed by atoms with Crippen molar-refractivity contribution in [2.75, 3.05) is 18.9 Å². The van der Waals surface area contributed by atoms with Gasteiger partial charge in [0.2, 0.25) is 0 Å². The monoisotopic (exact) mass is 307 g/mol. The van der Waals surface area contributed by atoms with Crippen molar-refractivity contribution in [3.63, 3.8) is 0 Å². The minimum atomic E-state index is -0.271. The van der Waals surface area contributed by atoms with Gasteiger partial charge in [0.05, 0.1) is 16.7 Å². The maximum absolute atomic E-state index is 9.47. The third kappa shape index (κ3) is 4.98. The Kier molecular flexibility index (Phi) is 6.82. The fourth-order valence-corrected chi connectivity index (χ4v) is 2.80. The maximum atomic E-state index is 9.47. The van der Waals surface area contributed by atoms with Crippen LogP contribution in [0.15, 0.2) is 23.1 Å². The molecule has 1 aromatic rings. The van der Waals surface area contributed by atoms with Crippen LogP contribution >= 0.6 is 35.0 Å². The van der Waals surface area contributed by atoms with E-state index in [1.165, 1.54) is 0 Å². The molecule has 5 heteroatoms. The first-order chi connectivity index (χ1) is 8.50. The molecule has 102 valence electrons. The Hall–Kier alpha value is 0.0700. The van der Waals surface area contributed by atoms with Crippen molar-refractivity contribution in [1.82, 2.24) is 5.32 Å². The minimum Gasteiger partial charge on any atom is -0.394 e. The second-order valence-electron chi connectivity index (χ2n) is 4.51. The highest BCUT2D eigenvalue weighted by Gasteiger charge is 2.22. The van der Waals surface area contributed by atoms with Crippen molar-refractivity contribution >= 4 is 35.0 Å². The number of thioether (sulfide) groups is 1. The molecular weight excluding hydrogens is 289 g/mol. The molecule has 1 aromatic carbocycles. The molecule has 1 unspecified atom stereocenters. The molecule has 0 saturated carbocycles. The molecule has 0 fully saturated rings. The van der Waals surface area contributed by atoms with Gasteiger partial charge in [0.15, 0.2) is 0 Å². The summed E-state index contributed by atoms with van der Waals surface area (Å²) in [7, 11) is 0.